The predicted octanol–water partition coefficient (Wildman–Crippen LogP) is 4.96. The normalized spacial score (nSPS) is 12.2. The molecular formula is C18H33NO. The van der Waals surface area contributed by atoms with E-state index in [1.807, 2.05) is 25.7 Å². The number of hydrogen-bond donors (Lipinski definition) is 0. The summed E-state index contributed by atoms with van der Waals surface area (Å²) in [6.07, 6.45) is 7.65. The van der Waals surface area contributed by atoms with Gasteiger partial charge < -0.3 is 4.90 Å². The van der Waals surface area contributed by atoms with Crippen LogP contribution in [0.25, 0.3) is 0 Å². The number of carbonyl (C=O) groups is 1. The van der Waals surface area contributed by atoms with E-state index >= 15 is 0 Å². The van der Waals surface area contributed by atoms with E-state index in [0.717, 1.165) is 32.4 Å². The highest BCUT2D eigenvalue weighted by Crippen LogP contribution is 2.18. The summed E-state index contributed by atoms with van der Waals surface area (Å²) in [5.41, 5.74) is 2.44. The van der Waals surface area contributed by atoms with Crippen LogP contribution in [-0.4, -0.2) is 23.9 Å². The molecule has 0 atom stereocenters. The Bertz CT molecular complexity index is 354. The molecule has 0 aliphatic rings. The summed E-state index contributed by atoms with van der Waals surface area (Å²) >= 11 is 0. The van der Waals surface area contributed by atoms with Crippen LogP contribution in [0.1, 0.15) is 67.7 Å². The molecule has 0 aromatic rings. The van der Waals surface area contributed by atoms with Crippen molar-refractivity contribution in [3.63, 3.8) is 0 Å². The first-order chi connectivity index (χ1) is 9.18. The van der Waals surface area contributed by atoms with Gasteiger partial charge in [-0.15, -0.1) is 0 Å². The van der Waals surface area contributed by atoms with E-state index in [2.05, 4.69) is 39.8 Å². The smallest absolute Gasteiger partial charge is 0.228 e. The van der Waals surface area contributed by atoms with Gasteiger partial charge in [0.05, 0.1) is 0 Å². The summed E-state index contributed by atoms with van der Waals surface area (Å²) in [5, 5.41) is 0. The number of amides is 1. The fourth-order valence-electron chi connectivity index (χ4n) is 1.98. The van der Waals surface area contributed by atoms with Gasteiger partial charge in [-0.25, -0.2) is 0 Å². The minimum Gasteiger partial charge on any atom is -0.339 e. The lowest BCUT2D eigenvalue weighted by Crippen LogP contribution is -2.40. The van der Waals surface area contributed by atoms with Crippen molar-refractivity contribution in [2.24, 2.45) is 5.41 Å². The highest BCUT2D eigenvalue weighted by Gasteiger charge is 2.25. The van der Waals surface area contributed by atoms with Crippen molar-refractivity contribution in [3.05, 3.63) is 23.3 Å². The van der Waals surface area contributed by atoms with Gasteiger partial charge in [-0.1, -0.05) is 51.0 Å². The molecule has 0 saturated heterocycles. The third-order valence-corrected chi connectivity index (χ3v) is 3.17. The van der Waals surface area contributed by atoms with E-state index in [9.17, 15) is 4.79 Å². The van der Waals surface area contributed by atoms with Gasteiger partial charge in [0.25, 0.3) is 0 Å². The Labute approximate surface area is 125 Å². The van der Waals surface area contributed by atoms with Crippen LogP contribution in [0.5, 0.6) is 0 Å². The number of allylic oxidation sites excluding steroid dienone is 3. The van der Waals surface area contributed by atoms with Gasteiger partial charge in [0.1, 0.15) is 0 Å². The summed E-state index contributed by atoms with van der Waals surface area (Å²) in [4.78, 5) is 14.3. The third-order valence-electron chi connectivity index (χ3n) is 3.17. The molecule has 1 amide bonds. The van der Waals surface area contributed by atoms with Crippen LogP contribution < -0.4 is 0 Å². The van der Waals surface area contributed by atoms with Crippen LogP contribution in [0.2, 0.25) is 0 Å². The Morgan fingerprint density at radius 1 is 1.10 bits per heavy atom. The van der Waals surface area contributed by atoms with Gasteiger partial charge in [0, 0.05) is 18.5 Å². The molecule has 0 unspecified atom stereocenters. The SMILES string of the molecule is CCCN(C/C=C(/C)CCC=C(C)C)C(=O)C(C)(C)C. The van der Waals surface area contributed by atoms with E-state index in [0.29, 0.717) is 0 Å². The van der Waals surface area contributed by atoms with E-state index in [-0.39, 0.29) is 11.3 Å². The largest absolute Gasteiger partial charge is 0.339 e. The summed E-state index contributed by atoms with van der Waals surface area (Å²) in [5.74, 6) is 0.243. The van der Waals surface area contributed by atoms with E-state index in [4.69, 9.17) is 0 Å². The first-order valence-electron chi connectivity index (χ1n) is 7.76. The van der Waals surface area contributed by atoms with Gasteiger partial charge in [-0.05, 0) is 40.0 Å². The van der Waals surface area contributed by atoms with Gasteiger partial charge >= 0.3 is 0 Å². The summed E-state index contributed by atoms with van der Waals surface area (Å²) in [7, 11) is 0. The van der Waals surface area contributed by atoms with Crippen LogP contribution in [0.4, 0.5) is 0 Å². The zero-order valence-corrected chi connectivity index (χ0v) is 14.5. The molecule has 0 bridgehead atoms. The predicted molar refractivity (Wildman–Crippen MR) is 88.7 cm³/mol. The van der Waals surface area contributed by atoms with E-state index in [1.165, 1.54) is 11.1 Å². The minimum absolute atomic E-state index is 0.243. The van der Waals surface area contributed by atoms with Crippen molar-refractivity contribution in [3.8, 4) is 0 Å². The standard InChI is InChI=1S/C18H33NO/c1-8-13-19(17(20)18(5,6)7)14-12-16(4)11-9-10-15(2)3/h10,12H,8-9,11,13-14H2,1-7H3/b16-12-. The molecule has 0 rings (SSSR count). The molecule has 2 nitrogen and oxygen atoms in total. The molecule has 0 aromatic heterocycles. The van der Waals surface area contributed by atoms with Crippen LogP contribution in [0.3, 0.4) is 0 Å². The number of carbonyl (C=O) groups excluding carboxylic acids is 1. The van der Waals surface area contributed by atoms with E-state index in [1.54, 1.807) is 0 Å². The molecule has 0 saturated carbocycles. The summed E-state index contributed by atoms with van der Waals surface area (Å²) < 4.78 is 0. The van der Waals surface area contributed by atoms with Crippen molar-refractivity contribution < 1.29 is 4.79 Å². The van der Waals surface area contributed by atoms with Crippen molar-refractivity contribution in [1.82, 2.24) is 4.90 Å². The van der Waals surface area contributed by atoms with Gasteiger partial charge in [-0.3, -0.25) is 4.79 Å². The molecule has 0 spiro atoms. The molecule has 0 heterocycles. The highest BCUT2D eigenvalue weighted by atomic mass is 16.2. The Morgan fingerprint density at radius 2 is 1.70 bits per heavy atom. The highest BCUT2D eigenvalue weighted by molar-refractivity contribution is 5.81. The molecule has 0 aliphatic carbocycles. The molecule has 0 fully saturated rings. The zero-order chi connectivity index (χ0) is 15.8. The van der Waals surface area contributed by atoms with E-state index < -0.39 is 0 Å². The Morgan fingerprint density at radius 3 is 2.15 bits per heavy atom. The fraction of sp³-hybridized carbons (Fsp3) is 0.722. The van der Waals surface area contributed by atoms with Crippen LogP contribution in [-0.2, 0) is 4.79 Å². The van der Waals surface area contributed by atoms with Crippen LogP contribution >= 0.6 is 0 Å². The Balaban J connectivity index is 4.53. The second-order valence-electron chi connectivity index (χ2n) is 6.87. The molecule has 116 valence electrons. The third kappa shape index (κ3) is 8.19. The van der Waals surface area contributed by atoms with Crippen LogP contribution in [0.15, 0.2) is 23.3 Å². The molecular weight excluding hydrogens is 246 g/mol. The molecule has 0 aromatic carbocycles. The van der Waals surface area contributed by atoms with Gasteiger partial charge in [0.2, 0.25) is 5.91 Å². The molecule has 0 N–H and O–H groups in total. The maximum Gasteiger partial charge on any atom is 0.228 e. The maximum atomic E-state index is 12.4. The Kier molecular flexibility index (Phi) is 8.52. The second kappa shape index (κ2) is 8.99. The number of rotatable bonds is 7. The lowest BCUT2D eigenvalue weighted by molar-refractivity contribution is -0.138. The number of hydrogen-bond acceptors (Lipinski definition) is 1. The average molecular weight is 279 g/mol. The quantitative estimate of drug-likeness (QED) is 0.603. The zero-order valence-electron chi connectivity index (χ0n) is 14.5. The molecule has 20 heavy (non-hydrogen) atoms. The summed E-state index contributed by atoms with van der Waals surface area (Å²) in [6, 6.07) is 0. The fourth-order valence-corrected chi connectivity index (χ4v) is 1.98. The van der Waals surface area contributed by atoms with Gasteiger partial charge in [0.15, 0.2) is 0 Å². The second-order valence-corrected chi connectivity index (χ2v) is 6.87. The van der Waals surface area contributed by atoms with Crippen molar-refractivity contribution in [2.75, 3.05) is 13.1 Å². The maximum absolute atomic E-state index is 12.4. The van der Waals surface area contributed by atoms with Crippen molar-refractivity contribution in [2.45, 2.75) is 67.7 Å². The number of nitrogens with zero attached hydrogens (tertiary/aromatic N) is 1. The van der Waals surface area contributed by atoms with Crippen molar-refractivity contribution in [1.29, 1.82) is 0 Å². The lowest BCUT2D eigenvalue weighted by atomic mass is 9.94. The molecule has 0 radical (unpaired) electrons. The van der Waals surface area contributed by atoms with Gasteiger partial charge in [-0.2, -0.15) is 0 Å². The van der Waals surface area contributed by atoms with Crippen LogP contribution in [0, 0.1) is 5.41 Å². The average Bonchev–Trinajstić information content (AvgIpc) is 2.32. The first-order valence-corrected chi connectivity index (χ1v) is 7.76. The minimum atomic E-state index is -0.293. The molecule has 2 heteroatoms. The van der Waals surface area contributed by atoms with Crippen molar-refractivity contribution >= 4 is 5.91 Å². The summed E-state index contributed by atoms with van der Waals surface area (Å²) in [6.45, 7) is 16.1. The first kappa shape index (κ1) is 18.9. The Hall–Kier alpha value is -1.05. The topological polar surface area (TPSA) is 20.3 Å². The lowest BCUT2D eigenvalue weighted by Gasteiger charge is -2.28. The molecule has 0 aliphatic heterocycles. The monoisotopic (exact) mass is 279 g/mol.